The highest BCUT2D eigenvalue weighted by Crippen LogP contribution is 2.28. The molecule has 1 heterocycles. The van der Waals surface area contributed by atoms with Gasteiger partial charge in [0.05, 0.1) is 5.69 Å². The molecule has 0 bridgehead atoms. The number of thiazole rings is 1. The summed E-state index contributed by atoms with van der Waals surface area (Å²) in [6.07, 6.45) is 0. The van der Waals surface area contributed by atoms with Gasteiger partial charge in [0.1, 0.15) is 0 Å². The SMILES string of the molecule is Cc1ccc(N(C)c2nc(C(C)N)cs2)cc1. The Morgan fingerprint density at radius 3 is 2.47 bits per heavy atom. The second-order valence-corrected chi connectivity index (χ2v) is 5.07. The largest absolute Gasteiger partial charge is 0.323 e. The third kappa shape index (κ3) is 2.65. The zero-order valence-corrected chi connectivity index (χ0v) is 11.2. The minimum atomic E-state index is -0.00795. The number of aromatic nitrogens is 1. The van der Waals surface area contributed by atoms with Gasteiger partial charge >= 0.3 is 0 Å². The minimum absolute atomic E-state index is 0.00795. The van der Waals surface area contributed by atoms with Gasteiger partial charge in [-0.3, -0.25) is 0 Å². The van der Waals surface area contributed by atoms with Crippen molar-refractivity contribution in [3.8, 4) is 0 Å². The van der Waals surface area contributed by atoms with E-state index in [0.29, 0.717) is 0 Å². The summed E-state index contributed by atoms with van der Waals surface area (Å²) in [5, 5.41) is 2.99. The van der Waals surface area contributed by atoms with Gasteiger partial charge < -0.3 is 10.6 Å². The van der Waals surface area contributed by atoms with Crippen molar-refractivity contribution < 1.29 is 0 Å². The molecule has 0 fully saturated rings. The van der Waals surface area contributed by atoms with Crippen LogP contribution in [0.5, 0.6) is 0 Å². The second kappa shape index (κ2) is 4.85. The maximum Gasteiger partial charge on any atom is 0.189 e. The van der Waals surface area contributed by atoms with Crippen LogP contribution in [0.1, 0.15) is 24.2 Å². The number of hydrogen-bond acceptors (Lipinski definition) is 4. The number of aryl methyl sites for hydroxylation is 1. The van der Waals surface area contributed by atoms with Gasteiger partial charge in [-0.15, -0.1) is 11.3 Å². The fourth-order valence-corrected chi connectivity index (χ4v) is 2.43. The molecule has 0 radical (unpaired) electrons. The highest BCUT2D eigenvalue weighted by molar-refractivity contribution is 7.13. The van der Waals surface area contributed by atoms with Gasteiger partial charge in [-0.25, -0.2) is 4.98 Å². The predicted molar refractivity (Wildman–Crippen MR) is 74.0 cm³/mol. The van der Waals surface area contributed by atoms with Gasteiger partial charge in [0.15, 0.2) is 5.13 Å². The molecule has 17 heavy (non-hydrogen) atoms. The molecule has 0 aliphatic rings. The zero-order valence-electron chi connectivity index (χ0n) is 10.3. The lowest BCUT2D eigenvalue weighted by Gasteiger charge is -2.15. The first kappa shape index (κ1) is 12.1. The maximum absolute atomic E-state index is 5.81. The average molecular weight is 247 g/mol. The Labute approximate surface area is 106 Å². The van der Waals surface area contributed by atoms with Crippen molar-refractivity contribution in [2.24, 2.45) is 5.73 Å². The van der Waals surface area contributed by atoms with Crippen molar-refractivity contribution >= 4 is 22.2 Å². The van der Waals surface area contributed by atoms with E-state index in [-0.39, 0.29) is 6.04 Å². The fourth-order valence-electron chi connectivity index (χ4n) is 1.52. The third-order valence-corrected chi connectivity index (χ3v) is 3.62. The molecule has 0 amide bonds. The Bertz CT molecular complexity index is 488. The van der Waals surface area contributed by atoms with Gasteiger partial charge in [-0.1, -0.05) is 17.7 Å². The molecule has 0 aliphatic heterocycles. The highest BCUT2D eigenvalue weighted by atomic mass is 32.1. The van der Waals surface area contributed by atoms with Gasteiger partial charge in [-0.2, -0.15) is 0 Å². The smallest absolute Gasteiger partial charge is 0.189 e. The predicted octanol–water partition coefficient (Wildman–Crippen LogP) is 3.24. The average Bonchev–Trinajstić information content (AvgIpc) is 2.78. The molecule has 4 heteroatoms. The summed E-state index contributed by atoms with van der Waals surface area (Å²) < 4.78 is 0. The number of nitrogens with two attached hydrogens (primary N) is 1. The summed E-state index contributed by atoms with van der Waals surface area (Å²) in [4.78, 5) is 6.61. The lowest BCUT2D eigenvalue weighted by atomic mass is 10.2. The topological polar surface area (TPSA) is 42.2 Å². The first-order chi connectivity index (χ1) is 8.08. The van der Waals surface area contributed by atoms with E-state index in [0.717, 1.165) is 16.5 Å². The number of benzene rings is 1. The van der Waals surface area contributed by atoms with Crippen molar-refractivity contribution in [2.45, 2.75) is 19.9 Å². The van der Waals surface area contributed by atoms with Crippen molar-refractivity contribution in [3.63, 3.8) is 0 Å². The molecule has 1 atom stereocenters. The Balaban J connectivity index is 2.24. The van der Waals surface area contributed by atoms with Crippen LogP contribution in [0.2, 0.25) is 0 Å². The van der Waals surface area contributed by atoms with Crippen LogP contribution in [0.4, 0.5) is 10.8 Å². The van der Waals surface area contributed by atoms with Crippen molar-refractivity contribution in [1.82, 2.24) is 4.98 Å². The summed E-state index contributed by atoms with van der Waals surface area (Å²) in [6.45, 7) is 4.03. The van der Waals surface area contributed by atoms with E-state index >= 15 is 0 Å². The number of hydrogen-bond donors (Lipinski definition) is 1. The number of nitrogens with zero attached hydrogens (tertiary/aromatic N) is 2. The molecule has 2 N–H and O–H groups in total. The second-order valence-electron chi connectivity index (χ2n) is 4.24. The van der Waals surface area contributed by atoms with Crippen LogP contribution in [0.15, 0.2) is 29.6 Å². The lowest BCUT2D eigenvalue weighted by molar-refractivity contribution is 0.788. The molecule has 0 aliphatic carbocycles. The van der Waals surface area contributed by atoms with Gasteiger partial charge in [0, 0.05) is 24.2 Å². The molecular formula is C13H17N3S. The maximum atomic E-state index is 5.81. The van der Waals surface area contributed by atoms with Crippen molar-refractivity contribution in [1.29, 1.82) is 0 Å². The fraction of sp³-hybridized carbons (Fsp3) is 0.308. The van der Waals surface area contributed by atoms with Crippen LogP contribution in [-0.2, 0) is 0 Å². The zero-order chi connectivity index (χ0) is 12.4. The molecule has 0 saturated carbocycles. The Kier molecular flexibility index (Phi) is 3.45. The normalized spacial score (nSPS) is 12.5. The lowest BCUT2D eigenvalue weighted by Crippen LogP contribution is -2.10. The van der Waals surface area contributed by atoms with E-state index in [2.05, 4.69) is 41.1 Å². The molecule has 90 valence electrons. The molecule has 1 aromatic heterocycles. The molecule has 2 rings (SSSR count). The van der Waals surface area contributed by atoms with Crippen LogP contribution in [0.25, 0.3) is 0 Å². The molecular weight excluding hydrogens is 230 g/mol. The van der Waals surface area contributed by atoms with Gasteiger partial charge in [0.25, 0.3) is 0 Å². The molecule has 1 unspecified atom stereocenters. The van der Waals surface area contributed by atoms with Crippen LogP contribution in [0.3, 0.4) is 0 Å². The van der Waals surface area contributed by atoms with E-state index in [4.69, 9.17) is 5.73 Å². The Morgan fingerprint density at radius 2 is 1.94 bits per heavy atom. The van der Waals surface area contributed by atoms with E-state index in [1.807, 2.05) is 19.4 Å². The minimum Gasteiger partial charge on any atom is -0.323 e. The molecule has 0 spiro atoms. The van der Waals surface area contributed by atoms with Crippen LogP contribution in [-0.4, -0.2) is 12.0 Å². The van der Waals surface area contributed by atoms with Gasteiger partial charge in [0.2, 0.25) is 0 Å². The molecule has 0 saturated heterocycles. The quantitative estimate of drug-likeness (QED) is 0.905. The Hall–Kier alpha value is -1.39. The number of anilines is 2. The van der Waals surface area contributed by atoms with Crippen LogP contribution in [0, 0.1) is 6.92 Å². The van der Waals surface area contributed by atoms with E-state index in [1.165, 1.54) is 5.56 Å². The van der Waals surface area contributed by atoms with Gasteiger partial charge in [-0.05, 0) is 26.0 Å². The molecule has 2 aromatic rings. The van der Waals surface area contributed by atoms with E-state index in [9.17, 15) is 0 Å². The first-order valence-electron chi connectivity index (χ1n) is 5.59. The molecule has 3 nitrogen and oxygen atoms in total. The van der Waals surface area contributed by atoms with Crippen LogP contribution >= 0.6 is 11.3 Å². The highest BCUT2D eigenvalue weighted by Gasteiger charge is 2.10. The van der Waals surface area contributed by atoms with Crippen LogP contribution < -0.4 is 10.6 Å². The Morgan fingerprint density at radius 1 is 1.29 bits per heavy atom. The monoisotopic (exact) mass is 247 g/mol. The summed E-state index contributed by atoms with van der Waals surface area (Å²) in [5.74, 6) is 0. The van der Waals surface area contributed by atoms with E-state index < -0.39 is 0 Å². The third-order valence-electron chi connectivity index (χ3n) is 2.68. The van der Waals surface area contributed by atoms with E-state index in [1.54, 1.807) is 11.3 Å². The summed E-state index contributed by atoms with van der Waals surface area (Å²) in [7, 11) is 2.02. The summed E-state index contributed by atoms with van der Waals surface area (Å²) >= 11 is 1.62. The summed E-state index contributed by atoms with van der Waals surface area (Å²) in [6, 6.07) is 8.40. The first-order valence-corrected chi connectivity index (χ1v) is 6.47. The summed E-state index contributed by atoms with van der Waals surface area (Å²) in [5.41, 5.74) is 9.16. The molecule has 1 aromatic carbocycles. The van der Waals surface area contributed by atoms with Crippen molar-refractivity contribution in [3.05, 3.63) is 40.9 Å². The van der Waals surface area contributed by atoms with Crippen molar-refractivity contribution in [2.75, 3.05) is 11.9 Å². The standard InChI is InChI=1S/C13H17N3S/c1-9-4-6-11(7-5-9)16(3)13-15-12(8-17-13)10(2)14/h4-8,10H,14H2,1-3H3. The number of rotatable bonds is 3.